The molecule has 1 aromatic carbocycles. The van der Waals surface area contributed by atoms with E-state index in [0.29, 0.717) is 38.1 Å². The van der Waals surface area contributed by atoms with Gasteiger partial charge in [0.25, 0.3) is 6.26 Å². The third-order valence-corrected chi connectivity index (χ3v) is 4.64. The first-order chi connectivity index (χ1) is 12.7. The lowest BCUT2D eigenvalue weighted by atomic mass is 9.72. The molecular weight excluding hydrogens is 351 g/mol. The first-order valence-electron chi connectivity index (χ1n) is 9.12. The molecular formula is C20H27FN2O4. The average Bonchev–Trinajstić information content (AvgIpc) is 2.60. The average molecular weight is 378 g/mol. The highest BCUT2D eigenvalue weighted by Crippen LogP contribution is 2.41. The number of halogens is 1. The molecule has 1 saturated heterocycles. The topological polar surface area (TPSA) is 71.8 Å². The second kappa shape index (κ2) is 8.57. The zero-order valence-electron chi connectivity index (χ0n) is 16.3. The fraction of sp³-hybridized carbons (Fsp3) is 0.600. The van der Waals surface area contributed by atoms with E-state index in [1.807, 2.05) is 27.7 Å². The molecule has 1 aliphatic rings. The van der Waals surface area contributed by atoms with Crippen molar-refractivity contribution in [2.24, 2.45) is 0 Å². The molecule has 1 fully saturated rings. The van der Waals surface area contributed by atoms with Gasteiger partial charge < -0.3 is 19.1 Å². The van der Waals surface area contributed by atoms with Gasteiger partial charge in [0, 0.05) is 19.7 Å². The van der Waals surface area contributed by atoms with Crippen molar-refractivity contribution in [3.05, 3.63) is 35.6 Å². The highest BCUT2D eigenvalue weighted by atomic mass is 19.1. The molecule has 0 aliphatic carbocycles. The molecule has 0 spiro atoms. The van der Waals surface area contributed by atoms with E-state index in [-0.39, 0.29) is 11.9 Å². The van der Waals surface area contributed by atoms with Crippen LogP contribution in [0.4, 0.5) is 9.18 Å². The number of benzene rings is 1. The predicted molar refractivity (Wildman–Crippen MR) is 97.2 cm³/mol. The third kappa shape index (κ3) is 5.10. The van der Waals surface area contributed by atoms with Crippen LogP contribution in [0.15, 0.2) is 24.3 Å². The summed E-state index contributed by atoms with van der Waals surface area (Å²) in [6.07, 6.45) is 1.38. The molecule has 1 unspecified atom stereocenters. The van der Waals surface area contributed by atoms with Crippen molar-refractivity contribution in [3.8, 4) is 6.26 Å². The lowest BCUT2D eigenvalue weighted by Crippen LogP contribution is -2.52. The molecule has 0 saturated carbocycles. The Morgan fingerprint density at radius 1 is 1.37 bits per heavy atom. The van der Waals surface area contributed by atoms with Gasteiger partial charge in [0.15, 0.2) is 0 Å². The number of amides is 1. The van der Waals surface area contributed by atoms with Crippen LogP contribution in [0.2, 0.25) is 0 Å². The summed E-state index contributed by atoms with van der Waals surface area (Å²) in [5.74, 6) is -0.367. The molecule has 1 heterocycles. The number of likely N-dealkylation sites (tertiary alicyclic amines) is 1. The summed E-state index contributed by atoms with van der Waals surface area (Å²) in [5.41, 5.74) is -0.613. The zero-order valence-corrected chi connectivity index (χ0v) is 16.3. The van der Waals surface area contributed by atoms with Crippen LogP contribution in [0.5, 0.6) is 0 Å². The van der Waals surface area contributed by atoms with Gasteiger partial charge in [0.05, 0.1) is 5.41 Å². The Kier molecular flexibility index (Phi) is 6.66. The van der Waals surface area contributed by atoms with E-state index in [1.54, 1.807) is 23.3 Å². The highest BCUT2D eigenvalue weighted by molar-refractivity contribution is 5.68. The maximum absolute atomic E-state index is 13.9. The molecule has 27 heavy (non-hydrogen) atoms. The van der Waals surface area contributed by atoms with Gasteiger partial charge in [-0.1, -0.05) is 12.1 Å². The van der Waals surface area contributed by atoms with E-state index in [2.05, 4.69) is 0 Å². The number of hydrogen-bond donors (Lipinski definition) is 0. The number of piperidine rings is 1. The van der Waals surface area contributed by atoms with Crippen molar-refractivity contribution in [2.45, 2.75) is 57.8 Å². The van der Waals surface area contributed by atoms with E-state index in [0.717, 1.165) is 0 Å². The Hall–Kier alpha value is -2.33. The number of carbonyl (C=O) groups excluding carboxylic acids is 1. The van der Waals surface area contributed by atoms with Crippen LogP contribution in [-0.2, 0) is 19.6 Å². The van der Waals surface area contributed by atoms with Crippen LogP contribution in [0.1, 0.15) is 46.1 Å². The van der Waals surface area contributed by atoms with Gasteiger partial charge in [-0.05, 0) is 58.2 Å². The molecule has 0 N–H and O–H groups in total. The van der Waals surface area contributed by atoms with E-state index < -0.39 is 17.3 Å². The van der Waals surface area contributed by atoms with Gasteiger partial charge in [-0.25, -0.2) is 9.18 Å². The summed E-state index contributed by atoms with van der Waals surface area (Å²) in [6.45, 7) is 8.39. The van der Waals surface area contributed by atoms with Crippen LogP contribution in [0, 0.1) is 17.3 Å². The summed E-state index contributed by atoms with van der Waals surface area (Å²) >= 11 is 0. The fourth-order valence-corrected chi connectivity index (χ4v) is 3.38. The van der Waals surface area contributed by atoms with Crippen LogP contribution in [0.25, 0.3) is 0 Å². The Bertz CT molecular complexity index is 688. The maximum Gasteiger partial charge on any atom is 0.410 e. The number of carbonyl (C=O) groups is 1. The van der Waals surface area contributed by atoms with Crippen LogP contribution in [0.3, 0.4) is 0 Å². The number of nitriles is 1. The number of nitrogens with zero attached hydrogens (tertiary/aromatic N) is 2. The molecule has 0 aromatic heterocycles. The number of rotatable bonds is 5. The lowest BCUT2D eigenvalue weighted by molar-refractivity contribution is -0.155. The predicted octanol–water partition coefficient (Wildman–Crippen LogP) is 3.95. The fourth-order valence-electron chi connectivity index (χ4n) is 3.38. The summed E-state index contributed by atoms with van der Waals surface area (Å²) in [7, 11) is 0. The zero-order chi connectivity index (χ0) is 20.1. The minimum Gasteiger partial charge on any atom is -0.444 e. The van der Waals surface area contributed by atoms with E-state index in [4.69, 9.17) is 19.5 Å². The SMILES string of the molecule is CCOC(OC#N)C1(c2cccc(F)c2)CCN(C(=O)OC(C)(C)C)CC1. The van der Waals surface area contributed by atoms with Gasteiger partial charge in [0.1, 0.15) is 11.4 Å². The first-order valence-corrected chi connectivity index (χ1v) is 9.12. The van der Waals surface area contributed by atoms with E-state index in [9.17, 15) is 9.18 Å². The van der Waals surface area contributed by atoms with Gasteiger partial charge in [-0.15, -0.1) is 0 Å². The second-order valence-corrected chi connectivity index (χ2v) is 7.63. The molecule has 0 radical (unpaired) electrons. The summed E-state index contributed by atoms with van der Waals surface area (Å²) in [5, 5.41) is 9.07. The lowest BCUT2D eigenvalue weighted by Gasteiger charge is -2.44. The van der Waals surface area contributed by atoms with Crippen LogP contribution in [-0.4, -0.2) is 42.6 Å². The Balaban J connectivity index is 2.28. The van der Waals surface area contributed by atoms with Gasteiger partial charge in [0.2, 0.25) is 6.29 Å². The molecule has 1 amide bonds. The second-order valence-electron chi connectivity index (χ2n) is 7.63. The monoisotopic (exact) mass is 378 g/mol. The van der Waals surface area contributed by atoms with E-state index >= 15 is 0 Å². The molecule has 6 nitrogen and oxygen atoms in total. The van der Waals surface area contributed by atoms with Crippen molar-refractivity contribution >= 4 is 6.09 Å². The van der Waals surface area contributed by atoms with Crippen molar-refractivity contribution < 1.29 is 23.4 Å². The van der Waals surface area contributed by atoms with Crippen molar-refractivity contribution in [3.63, 3.8) is 0 Å². The largest absolute Gasteiger partial charge is 0.444 e. The third-order valence-electron chi connectivity index (χ3n) is 4.64. The molecule has 2 rings (SSSR count). The summed E-state index contributed by atoms with van der Waals surface area (Å²) in [4.78, 5) is 14.0. The van der Waals surface area contributed by atoms with Gasteiger partial charge >= 0.3 is 6.09 Å². The maximum atomic E-state index is 13.9. The molecule has 1 aromatic rings. The Morgan fingerprint density at radius 2 is 2.04 bits per heavy atom. The van der Waals surface area contributed by atoms with Crippen LogP contribution < -0.4 is 0 Å². The summed E-state index contributed by atoms with van der Waals surface area (Å²) in [6, 6.07) is 6.24. The van der Waals surface area contributed by atoms with E-state index in [1.165, 1.54) is 12.1 Å². The van der Waals surface area contributed by atoms with Gasteiger partial charge in [-0.2, -0.15) is 5.26 Å². The first kappa shape index (κ1) is 21.0. The van der Waals surface area contributed by atoms with Crippen molar-refractivity contribution in [2.75, 3.05) is 19.7 Å². The number of ether oxygens (including phenoxy) is 3. The molecule has 148 valence electrons. The molecule has 0 bridgehead atoms. The quantitative estimate of drug-likeness (QED) is 0.573. The van der Waals surface area contributed by atoms with Gasteiger partial charge in [-0.3, -0.25) is 0 Å². The summed E-state index contributed by atoms with van der Waals surface area (Å²) < 4.78 is 30.2. The Morgan fingerprint density at radius 3 is 2.56 bits per heavy atom. The van der Waals surface area contributed by atoms with Crippen LogP contribution >= 0.6 is 0 Å². The van der Waals surface area contributed by atoms with Crippen molar-refractivity contribution in [1.29, 1.82) is 5.26 Å². The minimum atomic E-state index is -0.852. The number of hydrogen-bond acceptors (Lipinski definition) is 5. The normalized spacial score (nSPS) is 17.7. The highest BCUT2D eigenvalue weighted by Gasteiger charge is 2.47. The molecule has 1 aliphatic heterocycles. The molecule has 1 atom stereocenters. The minimum absolute atomic E-state index is 0.346. The molecule has 7 heteroatoms. The van der Waals surface area contributed by atoms with Crippen molar-refractivity contribution in [1.82, 2.24) is 4.90 Å². The standard InChI is InChI=1S/C20H27FN2O4/c1-5-25-17(26-14-22)20(15-7-6-8-16(21)13-15)9-11-23(12-10-20)18(24)27-19(2,3)4/h6-8,13,17H,5,9-12H2,1-4H3. The smallest absolute Gasteiger partial charge is 0.410 e. The Labute approximate surface area is 159 Å².